The van der Waals surface area contributed by atoms with Crippen LogP contribution in [-0.2, 0) is 13.0 Å². The van der Waals surface area contributed by atoms with Crippen LogP contribution in [0.5, 0.6) is 0 Å². The van der Waals surface area contributed by atoms with Crippen molar-refractivity contribution in [3.63, 3.8) is 0 Å². The number of hydrogen-bond donors (Lipinski definition) is 1. The quantitative estimate of drug-likeness (QED) is 0.778. The standard InChI is InChI=1S/C16H14N4O2/c21-15(18-11-13-7-4-8-17-10-13)16-20-19-14(22-16)9-12-5-2-1-3-6-12/h1-8,10H,9,11H2,(H,18,21). The molecular formula is C16H14N4O2. The molecule has 6 nitrogen and oxygen atoms in total. The molecule has 0 bridgehead atoms. The number of nitrogens with zero attached hydrogens (tertiary/aromatic N) is 3. The molecule has 6 heteroatoms. The molecule has 0 aliphatic rings. The normalized spacial score (nSPS) is 10.4. The van der Waals surface area contributed by atoms with Crippen molar-refractivity contribution in [1.82, 2.24) is 20.5 Å². The zero-order chi connectivity index (χ0) is 15.2. The molecule has 1 amide bonds. The molecule has 0 saturated carbocycles. The summed E-state index contributed by atoms with van der Waals surface area (Å²) < 4.78 is 5.39. The monoisotopic (exact) mass is 294 g/mol. The fourth-order valence-electron chi connectivity index (χ4n) is 1.95. The zero-order valence-electron chi connectivity index (χ0n) is 11.8. The van der Waals surface area contributed by atoms with Gasteiger partial charge in [-0.2, -0.15) is 0 Å². The lowest BCUT2D eigenvalue weighted by Crippen LogP contribution is -2.23. The van der Waals surface area contributed by atoms with Crippen molar-refractivity contribution in [2.75, 3.05) is 0 Å². The Balaban J connectivity index is 1.60. The highest BCUT2D eigenvalue weighted by atomic mass is 16.4. The highest BCUT2D eigenvalue weighted by molar-refractivity contribution is 5.89. The minimum Gasteiger partial charge on any atom is -0.417 e. The lowest BCUT2D eigenvalue weighted by atomic mass is 10.2. The van der Waals surface area contributed by atoms with Crippen LogP contribution in [0.15, 0.2) is 59.3 Å². The van der Waals surface area contributed by atoms with Gasteiger partial charge in [0.05, 0.1) is 6.42 Å². The van der Waals surface area contributed by atoms with Gasteiger partial charge in [0.25, 0.3) is 0 Å². The molecular weight excluding hydrogens is 280 g/mol. The topological polar surface area (TPSA) is 80.9 Å². The molecule has 0 aliphatic heterocycles. The third kappa shape index (κ3) is 3.54. The minimum absolute atomic E-state index is 0.0326. The molecule has 2 aromatic heterocycles. The van der Waals surface area contributed by atoms with Crippen LogP contribution >= 0.6 is 0 Å². The van der Waals surface area contributed by atoms with Crippen LogP contribution in [0.2, 0.25) is 0 Å². The minimum atomic E-state index is -0.393. The fourth-order valence-corrected chi connectivity index (χ4v) is 1.95. The fraction of sp³-hybridized carbons (Fsp3) is 0.125. The van der Waals surface area contributed by atoms with Crippen LogP contribution in [0.4, 0.5) is 0 Å². The largest absolute Gasteiger partial charge is 0.417 e. The van der Waals surface area contributed by atoms with Crippen molar-refractivity contribution in [2.24, 2.45) is 0 Å². The van der Waals surface area contributed by atoms with Crippen molar-refractivity contribution in [2.45, 2.75) is 13.0 Å². The predicted molar refractivity (Wildman–Crippen MR) is 79.0 cm³/mol. The van der Waals surface area contributed by atoms with Gasteiger partial charge in [-0.15, -0.1) is 10.2 Å². The molecule has 110 valence electrons. The van der Waals surface area contributed by atoms with E-state index in [0.717, 1.165) is 11.1 Å². The Morgan fingerprint density at radius 2 is 1.86 bits per heavy atom. The van der Waals surface area contributed by atoms with Crippen LogP contribution in [0.25, 0.3) is 0 Å². The predicted octanol–water partition coefficient (Wildman–Crippen LogP) is 1.99. The molecule has 0 saturated heterocycles. The van der Waals surface area contributed by atoms with E-state index in [-0.39, 0.29) is 5.89 Å². The SMILES string of the molecule is O=C(NCc1cccnc1)c1nnc(Cc2ccccc2)o1. The summed E-state index contributed by atoms with van der Waals surface area (Å²) in [7, 11) is 0. The maximum atomic E-state index is 12.0. The summed E-state index contributed by atoms with van der Waals surface area (Å²) in [6.45, 7) is 0.364. The van der Waals surface area contributed by atoms with Crippen LogP contribution in [0.3, 0.4) is 0 Å². The number of carbonyl (C=O) groups is 1. The molecule has 3 rings (SSSR count). The first-order valence-electron chi connectivity index (χ1n) is 6.84. The summed E-state index contributed by atoms with van der Waals surface area (Å²) in [5, 5.41) is 10.4. The van der Waals surface area contributed by atoms with E-state index in [1.807, 2.05) is 42.5 Å². The molecule has 3 aromatic rings. The second-order valence-electron chi connectivity index (χ2n) is 4.71. The Hall–Kier alpha value is -3.02. The van der Waals surface area contributed by atoms with Crippen molar-refractivity contribution in [3.8, 4) is 0 Å². The first-order chi connectivity index (χ1) is 10.8. The van der Waals surface area contributed by atoms with Crippen molar-refractivity contribution in [3.05, 3.63) is 77.8 Å². The smallest absolute Gasteiger partial charge is 0.309 e. The second kappa shape index (κ2) is 6.62. The van der Waals surface area contributed by atoms with Gasteiger partial charge in [0.15, 0.2) is 0 Å². The van der Waals surface area contributed by atoms with Crippen molar-refractivity contribution >= 4 is 5.91 Å². The number of rotatable bonds is 5. The Labute approximate surface area is 127 Å². The Morgan fingerprint density at radius 3 is 2.64 bits per heavy atom. The summed E-state index contributed by atoms with van der Waals surface area (Å²) in [5.74, 6) is -0.0109. The lowest BCUT2D eigenvalue weighted by molar-refractivity contribution is 0.0914. The average molecular weight is 294 g/mol. The van der Waals surface area contributed by atoms with Gasteiger partial charge in [0.1, 0.15) is 0 Å². The van der Waals surface area contributed by atoms with Gasteiger partial charge in [-0.05, 0) is 17.2 Å². The summed E-state index contributed by atoms with van der Waals surface area (Å²) in [5.41, 5.74) is 1.95. The molecule has 22 heavy (non-hydrogen) atoms. The van der Waals surface area contributed by atoms with Gasteiger partial charge >= 0.3 is 11.8 Å². The van der Waals surface area contributed by atoms with E-state index in [2.05, 4.69) is 20.5 Å². The Kier molecular flexibility index (Phi) is 4.20. The van der Waals surface area contributed by atoms with E-state index >= 15 is 0 Å². The van der Waals surface area contributed by atoms with E-state index in [4.69, 9.17) is 4.42 Å². The van der Waals surface area contributed by atoms with Crippen molar-refractivity contribution < 1.29 is 9.21 Å². The zero-order valence-corrected chi connectivity index (χ0v) is 11.8. The highest BCUT2D eigenvalue weighted by Gasteiger charge is 2.14. The van der Waals surface area contributed by atoms with E-state index < -0.39 is 5.91 Å². The number of amides is 1. The molecule has 0 radical (unpaired) electrons. The summed E-state index contributed by atoms with van der Waals surface area (Å²) >= 11 is 0. The van der Waals surface area contributed by atoms with E-state index in [1.165, 1.54) is 0 Å². The summed E-state index contributed by atoms with van der Waals surface area (Å²) in [6.07, 6.45) is 3.87. The third-order valence-corrected chi connectivity index (χ3v) is 3.04. The summed E-state index contributed by atoms with van der Waals surface area (Å²) in [4.78, 5) is 15.9. The number of aromatic nitrogens is 3. The molecule has 0 unspecified atom stereocenters. The van der Waals surface area contributed by atoms with E-state index in [9.17, 15) is 4.79 Å². The van der Waals surface area contributed by atoms with Crippen LogP contribution in [0, 0.1) is 0 Å². The number of carbonyl (C=O) groups excluding carboxylic acids is 1. The molecule has 2 heterocycles. The third-order valence-electron chi connectivity index (χ3n) is 3.04. The van der Waals surface area contributed by atoms with E-state index in [1.54, 1.807) is 12.4 Å². The molecule has 0 fully saturated rings. The molecule has 0 atom stereocenters. The molecule has 1 aromatic carbocycles. The first kappa shape index (κ1) is 13.9. The van der Waals surface area contributed by atoms with E-state index in [0.29, 0.717) is 18.9 Å². The van der Waals surface area contributed by atoms with Crippen LogP contribution in [0.1, 0.15) is 27.7 Å². The van der Waals surface area contributed by atoms with Gasteiger partial charge in [0, 0.05) is 18.9 Å². The maximum absolute atomic E-state index is 12.0. The first-order valence-corrected chi connectivity index (χ1v) is 6.84. The molecule has 0 spiro atoms. The van der Waals surface area contributed by atoms with Crippen molar-refractivity contribution in [1.29, 1.82) is 0 Å². The van der Waals surface area contributed by atoms with Gasteiger partial charge in [-0.1, -0.05) is 36.4 Å². The number of nitrogens with one attached hydrogen (secondary N) is 1. The maximum Gasteiger partial charge on any atom is 0.309 e. The van der Waals surface area contributed by atoms with Gasteiger partial charge in [-0.25, -0.2) is 0 Å². The average Bonchev–Trinajstić information content (AvgIpc) is 3.03. The number of pyridine rings is 1. The number of benzene rings is 1. The molecule has 1 N–H and O–H groups in total. The van der Waals surface area contributed by atoms with Gasteiger partial charge in [0.2, 0.25) is 5.89 Å². The van der Waals surface area contributed by atoms with Gasteiger partial charge < -0.3 is 9.73 Å². The van der Waals surface area contributed by atoms with Crippen LogP contribution in [-0.4, -0.2) is 21.1 Å². The summed E-state index contributed by atoms with van der Waals surface area (Å²) in [6, 6.07) is 13.4. The lowest BCUT2D eigenvalue weighted by Gasteiger charge is -2.01. The second-order valence-corrected chi connectivity index (χ2v) is 4.71. The van der Waals surface area contributed by atoms with Gasteiger partial charge in [-0.3, -0.25) is 9.78 Å². The Bertz CT molecular complexity index is 741. The molecule has 0 aliphatic carbocycles. The highest BCUT2D eigenvalue weighted by Crippen LogP contribution is 2.08. The van der Waals surface area contributed by atoms with Crippen LogP contribution < -0.4 is 5.32 Å². The Morgan fingerprint density at radius 1 is 1.05 bits per heavy atom. The number of hydrogen-bond acceptors (Lipinski definition) is 5.